The van der Waals surface area contributed by atoms with Crippen LogP contribution in [0.5, 0.6) is 5.75 Å². The summed E-state index contributed by atoms with van der Waals surface area (Å²) in [5, 5.41) is 12.9. The second-order valence-electron chi connectivity index (χ2n) is 7.50. The van der Waals surface area contributed by atoms with E-state index in [2.05, 4.69) is 10.1 Å². The maximum Gasteiger partial charge on any atom is 0.573 e. The zero-order chi connectivity index (χ0) is 21.7. The quantitative estimate of drug-likeness (QED) is 0.718. The molecule has 0 radical (unpaired) electrons. The Balaban J connectivity index is 2.11. The van der Waals surface area contributed by atoms with Gasteiger partial charge in [0.2, 0.25) is 11.8 Å². The van der Waals surface area contributed by atoms with Crippen molar-refractivity contribution >= 4 is 17.8 Å². The van der Waals surface area contributed by atoms with Crippen molar-refractivity contribution < 1.29 is 37.4 Å². The first-order valence-corrected chi connectivity index (χ1v) is 9.16. The monoisotopic (exact) mass is 414 g/mol. The van der Waals surface area contributed by atoms with Gasteiger partial charge in [-0.15, -0.1) is 13.2 Å². The summed E-state index contributed by atoms with van der Waals surface area (Å²) in [4.78, 5) is 39.1. The number of carboxylic acids is 1. The van der Waals surface area contributed by atoms with E-state index in [1.165, 1.54) is 12.1 Å². The number of imide groups is 1. The summed E-state index contributed by atoms with van der Waals surface area (Å²) in [7, 11) is 0. The molecule has 0 bridgehead atoms. The molecule has 2 aliphatic rings. The predicted molar refractivity (Wildman–Crippen MR) is 93.6 cm³/mol. The highest BCUT2D eigenvalue weighted by atomic mass is 19.4. The van der Waals surface area contributed by atoms with Crippen molar-refractivity contribution in [2.75, 3.05) is 6.54 Å². The van der Waals surface area contributed by atoms with Crippen molar-refractivity contribution in [3.63, 3.8) is 0 Å². The van der Waals surface area contributed by atoms with Gasteiger partial charge in [-0.25, -0.2) is 0 Å². The minimum atomic E-state index is -4.90. The van der Waals surface area contributed by atoms with Crippen LogP contribution in [0, 0.1) is 17.8 Å². The Bertz CT molecular complexity index is 856. The zero-order valence-electron chi connectivity index (χ0n) is 16.0. The number of hydrogen-bond acceptors (Lipinski definition) is 5. The van der Waals surface area contributed by atoms with Crippen LogP contribution in [-0.2, 0) is 14.4 Å². The van der Waals surface area contributed by atoms with Crippen LogP contribution in [0.2, 0.25) is 0 Å². The third-order valence-electron chi connectivity index (χ3n) is 5.72. The van der Waals surface area contributed by atoms with Gasteiger partial charge in [-0.2, -0.15) is 0 Å². The average molecular weight is 414 g/mol. The van der Waals surface area contributed by atoms with Gasteiger partial charge in [0.25, 0.3) is 0 Å². The summed E-state index contributed by atoms with van der Waals surface area (Å²) in [5.74, 6) is -5.67. The van der Waals surface area contributed by atoms with Gasteiger partial charge in [0.15, 0.2) is 0 Å². The molecule has 10 heteroatoms. The second-order valence-corrected chi connectivity index (χ2v) is 7.50. The molecule has 0 saturated carbocycles. The fourth-order valence-electron chi connectivity index (χ4n) is 4.48. The molecule has 0 spiro atoms. The van der Waals surface area contributed by atoms with Gasteiger partial charge in [-0.1, -0.05) is 26.0 Å². The van der Waals surface area contributed by atoms with Crippen molar-refractivity contribution in [3.05, 3.63) is 29.8 Å². The van der Waals surface area contributed by atoms with Crippen molar-refractivity contribution in [1.29, 1.82) is 0 Å². The summed E-state index contributed by atoms with van der Waals surface area (Å²) in [5.41, 5.74) is -1.49. The Hall–Kier alpha value is -2.62. The number of ether oxygens (including phenoxy) is 1. The number of carbonyl (C=O) groups is 3. The van der Waals surface area contributed by atoms with Crippen LogP contribution < -0.4 is 10.1 Å². The second kappa shape index (κ2) is 7.01. The van der Waals surface area contributed by atoms with Crippen molar-refractivity contribution in [1.82, 2.24) is 10.2 Å². The Morgan fingerprint density at radius 2 is 1.97 bits per heavy atom. The largest absolute Gasteiger partial charge is 0.573 e. The summed E-state index contributed by atoms with van der Waals surface area (Å²) >= 11 is 0. The SMILES string of the molecule is CCN1C(=O)C2C(c3cccc(OC(F)(F)F)c3)NC(C(=O)O)(C(C)C)C2C1=O. The van der Waals surface area contributed by atoms with Gasteiger partial charge in [-0.3, -0.25) is 24.6 Å². The predicted octanol–water partition coefficient (Wildman–Crippen LogP) is 2.33. The van der Waals surface area contributed by atoms with Crippen LogP contribution in [0.15, 0.2) is 24.3 Å². The topological polar surface area (TPSA) is 95.9 Å². The molecule has 2 N–H and O–H groups in total. The van der Waals surface area contributed by atoms with Gasteiger partial charge >= 0.3 is 12.3 Å². The standard InChI is InChI=1S/C19H21F3N2O5/c1-4-24-15(25)12-13(16(24)26)18(9(2)3,17(27)28)23-14(12)10-6-5-7-11(8-10)29-19(20,21)22/h5-9,12-14,23H,4H2,1-3H3,(H,27,28). The van der Waals surface area contributed by atoms with Crippen molar-refractivity contribution in [2.45, 2.75) is 38.7 Å². The molecule has 0 aromatic heterocycles. The molecule has 1 aromatic rings. The van der Waals surface area contributed by atoms with Crippen LogP contribution in [0.4, 0.5) is 13.2 Å². The van der Waals surface area contributed by atoms with Gasteiger partial charge in [0.05, 0.1) is 11.8 Å². The van der Waals surface area contributed by atoms with Crippen LogP contribution >= 0.6 is 0 Å². The van der Waals surface area contributed by atoms with E-state index >= 15 is 0 Å². The normalized spacial score (nSPS) is 29.5. The zero-order valence-corrected chi connectivity index (χ0v) is 16.0. The van der Waals surface area contributed by atoms with E-state index in [-0.39, 0.29) is 12.1 Å². The Labute approximate surface area is 164 Å². The van der Waals surface area contributed by atoms with E-state index in [0.717, 1.165) is 17.0 Å². The Kier molecular flexibility index (Phi) is 5.10. The lowest BCUT2D eigenvalue weighted by Crippen LogP contribution is -2.59. The van der Waals surface area contributed by atoms with Crippen LogP contribution in [0.3, 0.4) is 0 Å². The molecule has 7 nitrogen and oxygen atoms in total. The molecule has 158 valence electrons. The minimum absolute atomic E-state index is 0.0857. The highest BCUT2D eigenvalue weighted by Gasteiger charge is 2.69. The number of amides is 2. The van der Waals surface area contributed by atoms with E-state index in [1.54, 1.807) is 20.8 Å². The maximum atomic E-state index is 12.9. The van der Waals surface area contributed by atoms with E-state index in [9.17, 15) is 32.7 Å². The average Bonchev–Trinajstić information content (AvgIpc) is 3.09. The Morgan fingerprint density at radius 3 is 2.48 bits per heavy atom. The summed E-state index contributed by atoms with van der Waals surface area (Å²) in [6.07, 6.45) is -4.90. The van der Waals surface area contributed by atoms with Gasteiger partial charge in [0, 0.05) is 12.6 Å². The number of benzene rings is 1. The van der Waals surface area contributed by atoms with Crippen LogP contribution in [0.25, 0.3) is 0 Å². The van der Waals surface area contributed by atoms with Crippen molar-refractivity contribution in [3.8, 4) is 5.75 Å². The van der Waals surface area contributed by atoms with E-state index in [0.29, 0.717) is 0 Å². The molecule has 4 atom stereocenters. The van der Waals surface area contributed by atoms with Gasteiger partial charge in [-0.05, 0) is 30.5 Å². The summed E-state index contributed by atoms with van der Waals surface area (Å²) in [6, 6.07) is 4.05. The number of rotatable bonds is 5. The third-order valence-corrected chi connectivity index (χ3v) is 5.72. The lowest BCUT2D eigenvalue weighted by atomic mass is 9.73. The molecule has 2 amide bonds. The molecule has 29 heavy (non-hydrogen) atoms. The lowest BCUT2D eigenvalue weighted by molar-refractivity contribution is -0.274. The molecule has 2 heterocycles. The van der Waals surface area contributed by atoms with Gasteiger partial charge < -0.3 is 9.84 Å². The fourth-order valence-corrected chi connectivity index (χ4v) is 4.48. The number of nitrogens with zero attached hydrogens (tertiary/aromatic N) is 1. The minimum Gasteiger partial charge on any atom is -0.480 e. The number of fused-ring (bicyclic) bond motifs is 1. The number of hydrogen-bond donors (Lipinski definition) is 2. The summed E-state index contributed by atoms with van der Waals surface area (Å²) < 4.78 is 41.7. The van der Waals surface area contributed by atoms with Crippen LogP contribution in [-0.4, -0.2) is 46.2 Å². The number of carbonyl (C=O) groups excluding carboxylic acids is 2. The molecule has 2 fully saturated rings. The first-order valence-electron chi connectivity index (χ1n) is 9.16. The lowest BCUT2D eigenvalue weighted by Gasteiger charge is -2.34. The molecule has 3 rings (SSSR count). The van der Waals surface area contributed by atoms with E-state index < -0.39 is 59.2 Å². The fraction of sp³-hybridized carbons (Fsp3) is 0.526. The number of alkyl halides is 3. The Morgan fingerprint density at radius 1 is 1.31 bits per heavy atom. The molecular weight excluding hydrogens is 393 g/mol. The number of halogens is 3. The third kappa shape index (κ3) is 3.25. The van der Waals surface area contributed by atoms with E-state index in [1.807, 2.05) is 0 Å². The first-order chi connectivity index (χ1) is 13.4. The van der Waals surface area contributed by atoms with Crippen LogP contribution in [0.1, 0.15) is 32.4 Å². The van der Waals surface area contributed by atoms with Crippen molar-refractivity contribution in [2.24, 2.45) is 17.8 Å². The maximum absolute atomic E-state index is 12.9. The molecular formula is C19H21F3N2O5. The van der Waals surface area contributed by atoms with Gasteiger partial charge in [0.1, 0.15) is 11.3 Å². The molecule has 2 aliphatic heterocycles. The number of likely N-dealkylation sites (tertiary alicyclic amines) is 1. The van der Waals surface area contributed by atoms with E-state index in [4.69, 9.17) is 0 Å². The molecule has 4 unspecified atom stereocenters. The number of aliphatic carboxylic acids is 1. The first kappa shape index (κ1) is 21.1. The smallest absolute Gasteiger partial charge is 0.480 e. The highest BCUT2D eigenvalue weighted by molar-refractivity contribution is 6.09. The number of carboxylic acid groups (broad SMARTS) is 1. The number of nitrogens with one attached hydrogen (secondary N) is 1. The molecule has 0 aliphatic carbocycles. The molecule has 2 saturated heterocycles. The highest BCUT2D eigenvalue weighted by Crippen LogP contribution is 2.51. The summed E-state index contributed by atoms with van der Waals surface area (Å²) in [6.45, 7) is 4.93. The molecule has 1 aromatic carbocycles.